The van der Waals surface area contributed by atoms with E-state index >= 15 is 0 Å². The molecule has 1 aliphatic rings. The summed E-state index contributed by atoms with van der Waals surface area (Å²) in [7, 11) is 1.44. The molecule has 1 unspecified atom stereocenters. The van der Waals surface area contributed by atoms with E-state index in [1.807, 2.05) is 11.8 Å². The zero-order valence-corrected chi connectivity index (χ0v) is 15.7. The molecule has 25 heavy (non-hydrogen) atoms. The second kappa shape index (κ2) is 9.05. The third-order valence-electron chi connectivity index (χ3n) is 4.25. The van der Waals surface area contributed by atoms with Gasteiger partial charge in [0, 0.05) is 37.1 Å². The van der Waals surface area contributed by atoms with E-state index < -0.39 is 4.92 Å². The third kappa shape index (κ3) is 5.61. The lowest BCUT2D eigenvalue weighted by molar-refractivity contribution is -0.384. The first-order valence-electron chi connectivity index (χ1n) is 8.37. The lowest BCUT2D eigenvalue weighted by atomic mass is 10.1. The van der Waals surface area contributed by atoms with Gasteiger partial charge in [-0.3, -0.25) is 14.9 Å². The number of carbonyl (C=O) groups excluding carboxylic acids is 1. The first-order chi connectivity index (χ1) is 11.9. The van der Waals surface area contributed by atoms with Crippen LogP contribution in [0.2, 0.25) is 0 Å². The lowest BCUT2D eigenvalue weighted by Gasteiger charge is -2.34. The normalized spacial score (nSPS) is 18.2. The number of anilines is 1. The van der Waals surface area contributed by atoms with Gasteiger partial charge in [0.25, 0.3) is 5.69 Å². The summed E-state index contributed by atoms with van der Waals surface area (Å²) in [6.45, 7) is 7.06. The molecular weight excluding hydrogens is 342 g/mol. The highest BCUT2D eigenvalue weighted by molar-refractivity contribution is 8.00. The molecule has 1 fully saturated rings. The predicted molar refractivity (Wildman–Crippen MR) is 100 cm³/mol. The van der Waals surface area contributed by atoms with Crippen molar-refractivity contribution >= 4 is 29.0 Å². The van der Waals surface area contributed by atoms with Gasteiger partial charge in [-0.25, -0.2) is 0 Å². The Hall–Kier alpha value is -1.80. The van der Waals surface area contributed by atoms with Crippen LogP contribution in [0.25, 0.3) is 0 Å². The summed E-state index contributed by atoms with van der Waals surface area (Å²) in [5, 5.41) is 14.4. The maximum absolute atomic E-state index is 12.2. The number of hydrogen-bond donors (Lipinski definition) is 1. The Labute approximate surface area is 152 Å². The molecule has 1 heterocycles. The number of ether oxygens (including phenoxy) is 1. The minimum atomic E-state index is -0.521. The van der Waals surface area contributed by atoms with Gasteiger partial charge in [0.05, 0.1) is 18.1 Å². The summed E-state index contributed by atoms with van der Waals surface area (Å²) in [6, 6.07) is 4.41. The summed E-state index contributed by atoms with van der Waals surface area (Å²) in [5.41, 5.74) is 0.0343. The number of nitro groups is 1. The molecule has 1 amide bonds. The van der Waals surface area contributed by atoms with Crippen molar-refractivity contribution in [3.8, 4) is 5.75 Å². The Bertz CT molecular complexity index is 624. The fourth-order valence-corrected chi connectivity index (χ4v) is 4.07. The fraction of sp³-hybridized carbons (Fsp3) is 0.588. The van der Waals surface area contributed by atoms with E-state index in [-0.39, 0.29) is 17.3 Å². The van der Waals surface area contributed by atoms with E-state index in [4.69, 9.17) is 4.74 Å². The van der Waals surface area contributed by atoms with E-state index in [1.165, 1.54) is 19.2 Å². The monoisotopic (exact) mass is 367 g/mol. The van der Waals surface area contributed by atoms with Crippen molar-refractivity contribution in [2.45, 2.75) is 25.5 Å². The molecule has 1 aromatic rings. The van der Waals surface area contributed by atoms with Crippen LogP contribution in [0.4, 0.5) is 11.4 Å². The highest BCUT2D eigenvalue weighted by atomic mass is 32.2. The van der Waals surface area contributed by atoms with Gasteiger partial charge in [-0.05, 0) is 18.1 Å². The molecule has 0 bridgehead atoms. The smallest absolute Gasteiger partial charge is 0.296 e. The zero-order chi connectivity index (χ0) is 18.4. The van der Waals surface area contributed by atoms with Crippen LogP contribution >= 0.6 is 11.8 Å². The summed E-state index contributed by atoms with van der Waals surface area (Å²) < 4.78 is 5.00. The number of thioether (sulfide) groups is 1. The number of benzene rings is 1. The van der Waals surface area contributed by atoms with E-state index in [9.17, 15) is 14.9 Å². The second-order valence-corrected chi connectivity index (χ2v) is 7.74. The van der Waals surface area contributed by atoms with Crippen LogP contribution < -0.4 is 10.1 Å². The molecule has 0 spiro atoms. The highest BCUT2D eigenvalue weighted by Gasteiger charge is 2.23. The van der Waals surface area contributed by atoms with E-state index in [2.05, 4.69) is 24.1 Å². The molecule has 8 heteroatoms. The third-order valence-corrected chi connectivity index (χ3v) is 5.79. The van der Waals surface area contributed by atoms with Crippen LogP contribution in [0.1, 0.15) is 20.3 Å². The quantitative estimate of drug-likeness (QED) is 0.589. The molecule has 7 nitrogen and oxygen atoms in total. The average molecular weight is 367 g/mol. The highest BCUT2D eigenvalue weighted by Crippen LogP contribution is 2.29. The second-order valence-electron chi connectivity index (χ2n) is 6.39. The number of nitro benzene ring substituents is 1. The molecule has 1 N–H and O–H groups in total. The first-order valence-corrected chi connectivity index (χ1v) is 9.41. The minimum Gasteiger partial charge on any atom is -0.496 e. The molecule has 0 radical (unpaired) electrons. The number of carbonyl (C=O) groups is 1. The van der Waals surface area contributed by atoms with E-state index in [0.29, 0.717) is 29.9 Å². The number of hydrogen-bond acceptors (Lipinski definition) is 6. The number of amides is 1. The van der Waals surface area contributed by atoms with Gasteiger partial charge in [0.1, 0.15) is 11.4 Å². The van der Waals surface area contributed by atoms with Crippen molar-refractivity contribution in [3.63, 3.8) is 0 Å². The van der Waals surface area contributed by atoms with Crippen molar-refractivity contribution in [2.24, 2.45) is 5.92 Å². The van der Waals surface area contributed by atoms with Crippen molar-refractivity contribution in [1.82, 2.24) is 4.90 Å². The maximum atomic E-state index is 12.2. The Morgan fingerprint density at radius 1 is 1.52 bits per heavy atom. The largest absolute Gasteiger partial charge is 0.496 e. The summed E-state index contributed by atoms with van der Waals surface area (Å²) >= 11 is 1.99. The SMILES string of the molecule is COc1ccc(NC(=O)CCN2CCSC(C(C)C)C2)c([N+](=O)[O-])c1. The molecule has 0 aromatic heterocycles. The molecule has 1 aliphatic heterocycles. The molecule has 1 aromatic carbocycles. The van der Waals surface area contributed by atoms with Gasteiger partial charge in [0.15, 0.2) is 0 Å². The average Bonchev–Trinajstić information content (AvgIpc) is 2.60. The Morgan fingerprint density at radius 2 is 2.28 bits per heavy atom. The maximum Gasteiger partial charge on any atom is 0.296 e. The van der Waals surface area contributed by atoms with Crippen LogP contribution in [0.3, 0.4) is 0 Å². The molecular formula is C17H25N3O4S. The standard InChI is InChI=1S/C17H25N3O4S/c1-12(2)16-11-19(8-9-25-16)7-6-17(21)18-14-5-4-13(24-3)10-15(14)20(22)23/h4-5,10,12,16H,6-9,11H2,1-3H3,(H,18,21). The van der Waals surface area contributed by atoms with Crippen LogP contribution in [0.5, 0.6) is 5.75 Å². The number of nitrogens with zero attached hydrogens (tertiary/aromatic N) is 2. The number of nitrogens with one attached hydrogen (secondary N) is 1. The van der Waals surface area contributed by atoms with Crippen molar-refractivity contribution in [2.75, 3.05) is 37.8 Å². The predicted octanol–water partition coefficient (Wildman–Crippen LogP) is 3.01. The van der Waals surface area contributed by atoms with Crippen molar-refractivity contribution < 1.29 is 14.5 Å². The van der Waals surface area contributed by atoms with Crippen molar-refractivity contribution in [3.05, 3.63) is 28.3 Å². The summed E-state index contributed by atoms with van der Waals surface area (Å²) in [5.74, 6) is 1.86. The van der Waals surface area contributed by atoms with Crippen LogP contribution in [-0.4, -0.2) is 53.5 Å². The summed E-state index contributed by atoms with van der Waals surface area (Å²) in [4.78, 5) is 25.1. The van der Waals surface area contributed by atoms with Gasteiger partial charge in [-0.15, -0.1) is 0 Å². The van der Waals surface area contributed by atoms with Gasteiger partial charge < -0.3 is 15.0 Å². The topological polar surface area (TPSA) is 84.7 Å². The Balaban J connectivity index is 1.91. The van der Waals surface area contributed by atoms with Gasteiger partial charge in [-0.2, -0.15) is 11.8 Å². The molecule has 138 valence electrons. The molecule has 2 rings (SSSR count). The van der Waals surface area contributed by atoms with Crippen molar-refractivity contribution in [1.29, 1.82) is 0 Å². The molecule has 0 aliphatic carbocycles. The van der Waals surface area contributed by atoms with Gasteiger partial charge in [-0.1, -0.05) is 13.8 Å². The van der Waals surface area contributed by atoms with E-state index in [1.54, 1.807) is 6.07 Å². The zero-order valence-electron chi connectivity index (χ0n) is 14.9. The van der Waals surface area contributed by atoms with Gasteiger partial charge in [0.2, 0.25) is 5.91 Å². The van der Waals surface area contributed by atoms with Crippen LogP contribution in [0, 0.1) is 16.0 Å². The fourth-order valence-electron chi connectivity index (χ4n) is 2.71. The molecule has 1 atom stereocenters. The van der Waals surface area contributed by atoms with Crippen LogP contribution in [0.15, 0.2) is 18.2 Å². The number of rotatable bonds is 7. The Morgan fingerprint density at radius 3 is 2.92 bits per heavy atom. The minimum absolute atomic E-state index is 0.165. The summed E-state index contributed by atoms with van der Waals surface area (Å²) in [6.07, 6.45) is 0.318. The Kier molecular flexibility index (Phi) is 7.07. The molecule has 1 saturated heterocycles. The first kappa shape index (κ1) is 19.5. The lowest BCUT2D eigenvalue weighted by Crippen LogP contribution is -2.41. The van der Waals surface area contributed by atoms with Gasteiger partial charge >= 0.3 is 0 Å². The number of methoxy groups -OCH3 is 1. The van der Waals surface area contributed by atoms with E-state index in [0.717, 1.165) is 18.8 Å². The molecule has 0 saturated carbocycles. The van der Waals surface area contributed by atoms with Crippen LogP contribution in [-0.2, 0) is 4.79 Å².